The van der Waals surface area contributed by atoms with Gasteiger partial charge in [0.2, 0.25) is 0 Å². The number of carbonyl (C=O) groups excluding carboxylic acids is 1. The molecule has 1 saturated carbocycles. The monoisotopic (exact) mass is 340 g/mol. The third-order valence-electron chi connectivity index (χ3n) is 7.05. The molecule has 122 valence electrons. The van der Waals surface area contributed by atoms with E-state index in [1.165, 1.54) is 18.4 Å². The van der Waals surface area contributed by atoms with Gasteiger partial charge >= 0.3 is 51.4 Å². The summed E-state index contributed by atoms with van der Waals surface area (Å²) in [6, 6.07) is 0. The molecule has 1 fully saturated rings. The third kappa shape index (κ3) is 3.21. The van der Waals surface area contributed by atoms with Crippen molar-refractivity contribution < 1.29 is 61.3 Å². The fraction of sp³-hybridized carbons (Fsp3) is 0.750. The molecule has 0 amide bonds. The average molecular weight is 341 g/mol. The van der Waals surface area contributed by atoms with Crippen molar-refractivity contribution in [3.8, 4) is 0 Å². The average Bonchev–Trinajstić information content (AvgIpc) is 2.46. The Morgan fingerprint density at radius 3 is 2.61 bits per heavy atom. The Hall–Kier alpha value is 0.586. The normalized spacial score (nSPS) is 39.5. The van der Waals surface area contributed by atoms with E-state index >= 15 is 0 Å². The molecule has 0 saturated heterocycles. The molecule has 0 spiro atoms. The predicted molar refractivity (Wildman–Crippen MR) is 86.9 cm³/mol. The number of carboxylic acid groups (broad SMARTS) is 1. The molecule has 3 rings (SSSR count). The first-order chi connectivity index (χ1) is 10.3. The van der Waals surface area contributed by atoms with Crippen LogP contribution in [0.2, 0.25) is 0 Å². The van der Waals surface area contributed by atoms with Crippen molar-refractivity contribution in [2.24, 2.45) is 28.6 Å². The second-order valence-corrected chi connectivity index (χ2v) is 8.52. The van der Waals surface area contributed by atoms with Crippen LogP contribution in [0.3, 0.4) is 0 Å². The maximum Gasteiger partial charge on any atom is 1.00 e. The Morgan fingerprint density at radius 1 is 1.30 bits per heavy atom. The molecule has 0 bridgehead atoms. The van der Waals surface area contributed by atoms with Gasteiger partial charge in [0.1, 0.15) is 0 Å². The summed E-state index contributed by atoms with van der Waals surface area (Å²) in [4.78, 5) is 11.8. The van der Waals surface area contributed by atoms with Gasteiger partial charge in [0.15, 0.2) is 0 Å². The number of carbonyl (C=O) groups is 1. The molecule has 3 aliphatic carbocycles. The summed E-state index contributed by atoms with van der Waals surface area (Å²) in [6.45, 7) is 8.83. The molecule has 3 heteroatoms. The molecular formula is C20H29KO2. The first-order valence-electron chi connectivity index (χ1n) is 8.91. The molecule has 0 heterocycles. The van der Waals surface area contributed by atoms with Crippen molar-refractivity contribution in [1.29, 1.82) is 0 Å². The second kappa shape index (κ2) is 7.07. The minimum Gasteiger partial charge on any atom is -0.550 e. The quantitative estimate of drug-likeness (QED) is 0.700. The molecule has 0 aromatic rings. The molecule has 0 radical (unpaired) electrons. The van der Waals surface area contributed by atoms with E-state index in [0.29, 0.717) is 11.8 Å². The van der Waals surface area contributed by atoms with Gasteiger partial charge in [-0.15, -0.1) is 0 Å². The summed E-state index contributed by atoms with van der Waals surface area (Å²) in [5.74, 6) is 0.538. The van der Waals surface area contributed by atoms with E-state index in [2.05, 4.69) is 32.9 Å². The zero-order valence-corrected chi connectivity index (χ0v) is 18.6. The van der Waals surface area contributed by atoms with Crippen LogP contribution in [0.4, 0.5) is 0 Å². The van der Waals surface area contributed by atoms with Crippen LogP contribution in [0, 0.1) is 28.6 Å². The number of fused-ring (bicyclic) bond motifs is 3. The van der Waals surface area contributed by atoms with Gasteiger partial charge in [-0.25, -0.2) is 0 Å². The van der Waals surface area contributed by atoms with Crippen molar-refractivity contribution in [2.45, 2.75) is 66.2 Å². The first-order valence-corrected chi connectivity index (χ1v) is 8.91. The molecule has 0 aromatic heterocycles. The second-order valence-electron chi connectivity index (χ2n) is 8.52. The number of rotatable bonds is 2. The molecule has 0 aliphatic heterocycles. The summed E-state index contributed by atoms with van der Waals surface area (Å²) in [5.41, 5.74) is 2.51. The molecule has 2 nitrogen and oxygen atoms in total. The van der Waals surface area contributed by atoms with Crippen molar-refractivity contribution in [1.82, 2.24) is 0 Å². The Bertz CT molecular complexity index is 548. The van der Waals surface area contributed by atoms with E-state index in [1.807, 2.05) is 6.92 Å². The minimum absolute atomic E-state index is 0. The van der Waals surface area contributed by atoms with Gasteiger partial charge in [-0.3, -0.25) is 0 Å². The predicted octanol–water partition coefficient (Wildman–Crippen LogP) is 0.876. The molecule has 3 aliphatic rings. The zero-order chi connectivity index (χ0) is 16.1. The SMILES string of the molecule is CC(C)C1=CC2=CCC3[C@](C)(CCC[C@]3(C)C(=O)[O-])[C@@H]2CC1.[K+]. The fourth-order valence-corrected chi connectivity index (χ4v) is 5.59. The molecule has 0 N–H and O–H groups in total. The van der Waals surface area contributed by atoms with Gasteiger partial charge in [-0.05, 0) is 60.8 Å². The third-order valence-corrected chi connectivity index (χ3v) is 7.05. The van der Waals surface area contributed by atoms with E-state index in [1.54, 1.807) is 5.57 Å². The van der Waals surface area contributed by atoms with E-state index in [4.69, 9.17) is 0 Å². The summed E-state index contributed by atoms with van der Waals surface area (Å²) in [7, 11) is 0. The minimum atomic E-state index is -0.838. The Labute approximate surface area is 183 Å². The first kappa shape index (κ1) is 19.9. The molecular weight excluding hydrogens is 311 g/mol. The van der Waals surface area contributed by atoms with Crippen molar-refractivity contribution >= 4 is 5.97 Å². The Balaban J connectivity index is 0.00000192. The van der Waals surface area contributed by atoms with Crippen molar-refractivity contribution in [2.75, 3.05) is 0 Å². The van der Waals surface area contributed by atoms with E-state index < -0.39 is 11.4 Å². The van der Waals surface area contributed by atoms with Gasteiger partial charge < -0.3 is 9.90 Å². The van der Waals surface area contributed by atoms with Crippen molar-refractivity contribution in [3.63, 3.8) is 0 Å². The van der Waals surface area contributed by atoms with Gasteiger partial charge in [-0.2, -0.15) is 0 Å². The fourth-order valence-electron chi connectivity index (χ4n) is 5.59. The van der Waals surface area contributed by atoms with Crippen molar-refractivity contribution in [3.05, 3.63) is 23.3 Å². The van der Waals surface area contributed by atoms with Crippen LogP contribution in [-0.4, -0.2) is 5.97 Å². The number of allylic oxidation sites excluding steroid dienone is 4. The Kier molecular flexibility index (Phi) is 6.12. The van der Waals surface area contributed by atoms with Gasteiger partial charge in [-0.1, -0.05) is 51.8 Å². The summed E-state index contributed by atoms with van der Waals surface area (Å²) in [5, 5.41) is 11.8. The van der Waals surface area contributed by atoms with Crippen LogP contribution in [-0.2, 0) is 4.79 Å². The summed E-state index contributed by atoms with van der Waals surface area (Å²) in [6.07, 6.45) is 11.0. The number of hydrogen-bond donors (Lipinski definition) is 0. The number of aliphatic carboxylic acids is 1. The zero-order valence-electron chi connectivity index (χ0n) is 15.4. The maximum absolute atomic E-state index is 11.8. The Morgan fingerprint density at radius 2 is 2.00 bits per heavy atom. The number of carboxylic acids is 1. The number of hydrogen-bond acceptors (Lipinski definition) is 2. The standard InChI is InChI=1S/C20H30O2.K/c1-13(2)14-6-8-16-15(12-14)7-9-17-19(16,3)10-5-11-20(17,4)18(21)22;/h7,12-13,16-17H,5-6,8-11H2,1-4H3,(H,21,22);/q;+1/p-1/t16-,17?,19-,20+;/m1./s1. The maximum atomic E-state index is 11.8. The van der Waals surface area contributed by atoms with Crippen LogP contribution in [0.1, 0.15) is 66.2 Å². The van der Waals surface area contributed by atoms with Crippen LogP contribution in [0.15, 0.2) is 23.3 Å². The van der Waals surface area contributed by atoms with Crippen LogP contribution < -0.4 is 56.5 Å². The summed E-state index contributed by atoms with van der Waals surface area (Å²) >= 11 is 0. The summed E-state index contributed by atoms with van der Waals surface area (Å²) < 4.78 is 0. The van der Waals surface area contributed by atoms with Gasteiger partial charge in [0.25, 0.3) is 0 Å². The molecule has 4 atom stereocenters. The molecule has 0 aromatic carbocycles. The van der Waals surface area contributed by atoms with E-state index in [0.717, 1.165) is 25.7 Å². The van der Waals surface area contributed by atoms with E-state index in [9.17, 15) is 9.90 Å². The van der Waals surface area contributed by atoms with Crippen LogP contribution in [0.5, 0.6) is 0 Å². The molecule has 1 unspecified atom stereocenters. The van der Waals surface area contributed by atoms with E-state index in [-0.39, 0.29) is 62.7 Å². The largest absolute Gasteiger partial charge is 1.00 e. The van der Waals surface area contributed by atoms with Crippen LogP contribution in [0.25, 0.3) is 0 Å². The van der Waals surface area contributed by atoms with Gasteiger partial charge in [0, 0.05) is 11.4 Å². The molecule has 23 heavy (non-hydrogen) atoms. The van der Waals surface area contributed by atoms with Gasteiger partial charge in [0.05, 0.1) is 0 Å². The smallest absolute Gasteiger partial charge is 0.550 e. The van der Waals surface area contributed by atoms with Crippen LogP contribution >= 0.6 is 0 Å². The topological polar surface area (TPSA) is 40.1 Å².